The third kappa shape index (κ3) is 3.21. The summed E-state index contributed by atoms with van der Waals surface area (Å²) in [7, 11) is 0. The van der Waals surface area contributed by atoms with Crippen LogP contribution in [0.1, 0.15) is 0 Å². The molecule has 0 aromatic heterocycles. The fourth-order valence-corrected chi connectivity index (χ4v) is 1.70. The number of alkyl halides is 3. The number of anilines is 1. The van der Waals surface area contributed by atoms with Crippen molar-refractivity contribution in [2.45, 2.75) is 11.3 Å². The van der Waals surface area contributed by atoms with Crippen LogP contribution in [0.2, 0.25) is 0 Å². The van der Waals surface area contributed by atoms with Crippen molar-refractivity contribution in [1.82, 2.24) is 0 Å². The molecule has 0 amide bonds. The van der Waals surface area contributed by atoms with Gasteiger partial charge in [0.15, 0.2) is 0 Å². The highest BCUT2D eigenvalue weighted by Crippen LogP contribution is 2.36. The number of nitrogen functional groups attached to an aromatic ring is 1. The minimum atomic E-state index is -4.70. The molecule has 15 heavy (non-hydrogen) atoms. The van der Waals surface area contributed by atoms with Gasteiger partial charge < -0.3 is 10.2 Å². The van der Waals surface area contributed by atoms with Gasteiger partial charge in [0.2, 0.25) is 0 Å². The van der Waals surface area contributed by atoms with Gasteiger partial charge in [-0.05, 0) is 18.4 Å². The van der Waals surface area contributed by atoms with Gasteiger partial charge in [-0.2, -0.15) is 0 Å². The number of halogens is 3. The summed E-state index contributed by atoms with van der Waals surface area (Å²) in [5, 5.41) is 0. The van der Waals surface area contributed by atoms with Crippen LogP contribution in [0.4, 0.5) is 18.9 Å². The first-order valence-electron chi connectivity index (χ1n) is 3.87. The topological polar surface area (TPSA) is 47.3 Å². The van der Waals surface area contributed by atoms with Crippen LogP contribution in [0.15, 0.2) is 23.1 Å². The van der Waals surface area contributed by atoms with Crippen LogP contribution < -0.4 is 16.0 Å². The zero-order valence-corrected chi connectivity index (χ0v) is 8.58. The summed E-state index contributed by atoms with van der Waals surface area (Å²) < 4.78 is 39.9. The number of nitrogens with one attached hydrogen (secondary N) is 1. The van der Waals surface area contributed by atoms with Crippen molar-refractivity contribution in [3.8, 4) is 5.75 Å². The molecule has 0 spiro atoms. The SMILES string of the molecule is CSc1c(NN)cccc1OC(F)(F)F. The third-order valence-electron chi connectivity index (χ3n) is 1.56. The van der Waals surface area contributed by atoms with Gasteiger partial charge in [0.25, 0.3) is 0 Å². The van der Waals surface area contributed by atoms with E-state index in [0.717, 1.165) is 11.8 Å². The zero-order valence-electron chi connectivity index (χ0n) is 7.76. The first kappa shape index (κ1) is 12.0. The van der Waals surface area contributed by atoms with Crippen molar-refractivity contribution in [3.05, 3.63) is 18.2 Å². The average Bonchev–Trinajstić information content (AvgIpc) is 2.15. The van der Waals surface area contributed by atoms with E-state index in [1.165, 1.54) is 12.1 Å². The Morgan fingerprint density at radius 1 is 1.40 bits per heavy atom. The van der Waals surface area contributed by atoms with Crippen molar-refractivity contribution in [1.29, 1.82) is 0 Å². The van der Waals surface area contributed by atoms with Gasteiger partial charge >= 0.3 is 6.36 Å². The molecule has 3 nitrogen and oxygen atoms in total. The largest absolute Gasteiger partial charge is 0.573 e. The number of hydrogen-bond acceptors (Lipinski definition) is 4. The fourth-order valence-electron chi connectivity index (χ4n) is 1.05. The van der Waals surface area contributed by atoms with Gasteiger partial charge in [-0.3, -0.25) is 5.84 Å². The van der Waals surface area contributed by atoms with Crippen molar-refractivity contribution >= 4 is 17.4 Å². The molecule has 1 aromatic carbocycles. The highest BCUT2D eigenvalue weighted by molar-refractivity contribution is 7.98. The molecule has 7 heteroatoms. The second-order valence-corrected chi connectivity index (χ2v) is 3.35. The Morgan fingerprint density at radius 2 is 2.07 bits per heavy atom. The number of nitrogens with two attached hydrogens (primary N) is 1. The van der Waals surface area contributed by atoms with Crippen molar-refractivity contribution in [2.24, 2.45) is 5.84 Å². The maximum absolute atomic E-state index is 12.0. The lowest BCUT2D eigenvalue weighted by atomic mass is 10.3. The Bertz CT molecular complexity index is 343. The van der Waals surface area contributed by atoms with Crippen LogP contribution in [-0.2, 0) is 0 Å². The minimum Gasteiger partial charge on any atom is -0.405 e. The van der Waals surface area contributed by atoms with E-state index in [-0.39, 0.29) is 5.75 Å². The van der Waals surface area contributed by atoms with E-state index in [1.54, 1.807) is 12.3 Å². The summed E-state index contributed by atoms with van der Waals surface area (Å²) in [5.74, 6) is 4.90. The van der Waals surface area contributed by atoms with Crippen molar-refractivity contribution in [2.75, 3.05) is 11.7 Å². The highest BCUT2D eigenvalue weighted by Gasteiger charge is 2.32. The van der Waals surface area contributed by atoms with E-state index >= 15 is 0 Å². The summed E-state index contributed by atoms with van der Waals surface area (Å²) in [6, 6.07) is 4.23. The molecule has 3 N–H and O–H groups in total. The Kier molecular flexibility index (Phi) is 3.70. The third-order valence-corrected chi connectivity index (χ3v) is 2.39. The second kappa shape index (κ2) is 4.63. The Hall–Kier alpha value is -1.08. The molecule has 1 aromatic rings. The van der Waals surface area contributed by atoms with Gasteiger partial charge in [0, 0.05) is 0 Å². The average molecular weight is 238 g/mol. The van der Waals surface area contributed by atoms with E-state index in [2.05, 4.69) is 10.2 Å². The Morgan fingerprint density at radius 3 is 2.53 bits per heavy atom. The summed E-state index contributed by atoms with van der Waals surface area (Å²) >= 11 is 1.12. The predicted molar refractivity (Wildman–Crippen MR) is 52.7 cm³/mol. The standard InChI is InChI=1S/C8H9F3N2OS/c1-15-7-5(13-12)3-2-4-6(7)14-8(9,10)11/h2-4,13H,12H2,1H3. The summed E-state index contributed by atoms with van der Waals surface area (Å²) in [5.41, 5.74) is 2.70. The predicted octanol–water partition coefficient (Wildman–Crippen LogP) is 2.59. The summed E-state index contributed by atoms with van der Waals surface area (Å²) in [6.07, 6.45) is -3.06. The smallest absolute Gasteiger partial charge is 0.405 e. The van der Waals surface area contributed by atoms with Crippen LogP contribution in [0, 0.1) is 0 Å². The molecule has 84 valence electrons. The number of benzene rings is 1. The van der Waals surface area contributed by atoms with E-state index in [1.807, 2.05) is 0 Å². The van der Waals surface area contributed by atoms with Crippen LogP contribution in [0.3, 0.4) is 0 Å². The van der Waals surface area contributed by atoms with E-state index in [0.29, 0.717) is 10.6 Å². The molecule has 0 aliphatic rings. The molecule has 0 aliphatic carbocycles. The molecule has 0 aliphatic heterocycles. The molecule has 1 rings (SSSR count). The second-order valence-electron chi connectivity index (χ2n) is 2.53. The Labute approximate surface area is 88.8 Å². The van der Waals surface area contributed by atoms with Gasteiger partial charge in [0.05, 0.1) is 10.6 Å². The first-order valence-corrected chi connectivity index (χ1v) is 5.10. The molecule has 0 saturated heterocycles. The molecule has 0 saturated carbocycles. The van der Waals surface area contributed by atoms with Crippen LogP contribution in [0.5, 0.6) is 5.75 Å². The molecular weight excluding hydrogens is 229 g/mol. The van der Waals surface area contributed by atoms with Crippen LogP contribution in [-0.4, -0.2) is 12.6 Å². The van der Waals surface area contributed by atoms with Gasteiger partial charge in [-0.1, -0.05) is 6.07 Å². The lowest BCUT2D eigenvalue weighted by molar-refractivity contribution is -0.275. The van der Waals surface area contributed by atoms with Crippen LogP contribution >= 0.6 is 11.8 Å². The van der Waals surface area contributed by atoms with Gasteiger partial charge in [-0.15, -0.1) is 24.9 Å². The summed E-state index contributed by atoms with van der Waals surface area (Å²) in [4.78, 5) is 0.317. The van der Waals surface area contributed by atoms with Crippen molar-refractivity contribution in [3.63, 3.8) is 0 Å². The number of thioether (sulfide) groups is 1. The van der Waals surface area contributed by atoms with Crippen LogP contribution in [0.25, 0.3) is 0 Å². The quantitative estimate of drug-likeness (QED) is 0.482. The van der Waals surface area contributed by atoms with E-state index < -0.39 is 6.36 Å². The maximum atomic E-state index is 12.0. The first-order chi connectivity index (χ1) is 6.98. The highest BCUT2D eigenvalue weighted by atomic mass is 32.2. The fraction of sp³-hybridized carbons (Fsp3) is 0.250. The molecule has 0 unspecified atom stereocenters. The molecule has 0 heterocycles. The molecular formula is C8H9F3N2OS. The molecule has 0 bridgehead atoms. The molecule has 0 radical (unpaired) electrons. The van der Waals surface area contributed by atoms with Crippen molar-refractivity contribution < 1.29 is 17.9 Å². The van der Waals surface area contributed by atoms with E-state index in [9.17, 15) is 13.2 Å². The summed E-state index contributed by atoms with van der Waals surface area (Å²) in [6.45, 7) is 0. The number of hydrogen-bond donors (Lipinski definition) is 2. The Balaban J connectivity index is 3.06. The number of hydrazine groups is 1. The zero-order chi connectivity index (χ0) is 11.5. The lowest BCUT2D eigenvalue weighted by Gasteiger charge is -2.14. The minimum absolute atomic E-state index is 0.259. The van der Waals surface area contributed by atoms with E-state index in [4.69, 9.17) is 5.84 Å². The van der Waals surface area contributed by atoms with Gasteiger partial charge in [0.1, 0.15) is 5.75 Å². The number of ether oxygens (including phenoxy) is 1. The monoisotopic (exact) mass is 238 g/mol. The number of rotatable bonds is 3. The lowest BCUT2D eigenvalue weighted by Crippen LogP contribution is -2.18. The van der Waals surface area contributed by atoms with Gasteiger partial charge in [-0.25, -0.2) is 0 Å². The molecule has 0 atom stereocenters. The maximum Gasteiger partial charge on any atom is 0.573 e. The molecule has 0 fully saturated rings. The normalized spacial score (nSPS) is 11.3.